The number of aromatic nitrogens is 1. The molecule has 0 atom stereocenters. The molecule has 2 fully saturated rings. The highest BCUT2D eigenvalue weighted by Gasteiger charge is 2.19. The monoisotopic (exact) mass is 401 g/mol. The number of pyridine rings is 1. The Balaban J connectivity index is 1.46. The molecule has 5 nitrogen and oxygen atoms in total. The second-order valence-electron chi connectivity index (χ2n) is 6.48. The van der Waals surface area contributed by atoms with Gasteiger partial charge in [-0.25, -0.2) is 4.98 Å². The Kier molecular flexibility index (Phi) is 6.21. The number of thioether (sulfide) groups is 2. The lowest BCUT2D eigenvalue weighted by Crippen LogP contribution is -2.37. The molecule has 2 aliphatic rings. The molecule has 1 N–H and O–H groups in total. The number of rotatable bonds is 4. The zero-order valence-corrected chi connectivity index (χ0v) is 16.7. The van der Waals surface area contributed by atoms with Crippen molar-refractivity contribution in [3.8, 4) is 0 Å². The van der Waals surface area contributed by atoms with Crippen LogP contribution in [0.5, 0.6) is 0 Å². The van der Waals surface area contributed by atoms with Gasteiger partial charge in [-0.3, -0.25) is 4.79 Å². The minimum absolute atomic E-state index is 0.104. The molecule has 1 amide bonds. The molecule has 0 unspecified atom stereocenters. The third-order valence-corrected chi connectivity index (χ3v) is 7.63. The van der Waals surface area contributed by atoms with E-state index in [0.29, 0.717) is 23.4 Å². The van der Waals surface area contributed by atoms with Gasteiger partial charge in [0.05, 0.1) is 23.5 Å². The van der Waals surface area contributed by atoms with E-state index in [0.717, 1.165) is 24.6 Å². The minimum atomic E-state index is -0.104. The largest absolute Gasteiger partial charge is 0.378 e. The Morgan fingerprint density at radius 1 is 1.11 bits per heavy atom. The first-order chi connectivity index (χ1) is 13.3. The maximum Gasteiger partial charge on any atom is 0.255 e. The van der Waals surface area contributed by atoms with E-state index in [1.165, 1.54) is 23.5 Å². The summed E-state index contributed by atoms with van der Waals surface area (Å²) in [6.07, 6.45) is 3.04. The van der Waals surface area contributed by atoms with E-state index in [9.17, 15) is 4.79 Å². The molecule has 142 valence electrons. The summed E-state index contributed by atoms with van der Waals surface area (Å²) in [5.74, 6) is 3.13. The van der Waals surface area contributed by atoms with E-state index >= 15 is 0 Å². The van der Waals surface area contributed by atoms with Crippen molar-refractivity contribution in [3.63, 3.8) is 0 Å². The smallest absolute Gasteiger partial charge is 0.255 e. The fourth-order valence-corrected chi connectivity index (χ4v) is 6.08. The number of morpholine rings is 1. The maximum atomic E-state index is 12.7. The predicted octanol–water partition coefficient (Wildman–Crippen LogP) is 4.04. The molecule has 1 aromatic carbocycles. The Morgan fingerprint density at radius 3 is 2.59 bits per heavy atom. The summed E-state index contributed by atoms with van der Waals surface area (Å²) >= 11 is 3.98. The van der Waals surface area contributed by atoms with E-state index < -0.39 is 0 Å². The van der Waals surface area contributed by atoms with Crippen LogP contribution in [-0.2, 0) is 4.74 Å². The molecule has 2 aliphatic heterocycles. The number of benzene rings is 1. The molecule has 27 heavy (non-hydrogen) atoms. The van der Waals surface area contributed by atoms with E-state index in [1.807, 2.05) is 47.8 Å². The van der Waals surface area contributed by atoms with Crippen LogP contribution < -0.4 is 10.2 Å². The number of nitrogens with zero attached hydrogens (tertiary/aromatic N) is 2. The van der Waals surface area contributed by atoms with Crippen molar-refractivity contribution in [3.05, 3.63) is 53.7 Å². The number of anilines is 2. The van der Waals surface area contributed by atoms with Crippen molar-refractivity contribution in [1.82, 2.24) is 4.98 Å². The normalized spacial score (nSPS) is 18.3. The van der Waals surface area contributed by atoms with Crippen molar-refractivity contribution in [2.24, 2.45) is 0 Å². The van der Waals surface area contributed by atoms with Gasteiger partial charge in [0, 0.05) is 24.8 Å². The molecule has 4 rings (SSSR count). The zero-order chi connectivity index (χ0) is 18.5. The number of carbonyl (C=O) groups excluding carboxylic acids is 1. The van der Waals surface area contributed by atoms with Gasteiger partial charge >= 0.3 is 0 Å². The molecule has 0 aliphatic carbocycles. The van der Waals surface area contributed by atoms with Gasteiger partial charge in [-0.1, -0.05) is 12.1 Å². The van der Waals surface area contributed by atoms with E-state index in [1.54, 1.807) is 6.20 Å². The molecule has 0 spiro atoms. The first kappa shape index (κ1) is 18.7. The Morgan fingerprint density at radius 2 is 1.85 bits per heavy atom. The molecule has 2 aromatic rings. The number of amides is 1. The Bertz CT molecular complexity index is 773. The van der Waals surface area contributed by atoms with Gasteiger partial charge in [0.25, 0.3) is 5.91 Å². The van der Waals surface area contributed by atoms with Crippen LogP contribution in [0.2, 0.25) is 0 Å². The fraction of sp³-hybridized carbons (Fsp3) is 0.400. The van der Waals surface area contributed by atoms with Gasteiger partial charge in [0.1, 0.15) is 0 Å². The van der Waals surface area contributed by atoms with Gasteiger partial charge in [-0.15, -0.1) is 23.5 Å². The van der Waals surface area contributed by atoms with Crippen molar-refractivity contribution >= 4 is 40.9 Å². The average molecular weight is 402 g/mol. The first-order valence-electron chi connectivity index (χ1n) is 9.23. The van der Waals surface area contributed by atoms with Gasteiger partial charge in [0.2, 0.25) is 0 Å². The highest BCUT2D eigenvalue weighted by molar-refractivity contribution is 8.16. The third kappa shape index (κ3) is 4.59. The number of hydrogen-bond acceptors (Lipinski definition) is 6. The van der Waals surface area contributed by atoms with Crippen LogP contribution in [0.25, 0.3) is 0 Å². The summed E-state index contributed by atoms with van der Waals surface area (Å²) in [7, 11) is 0. The van der Waals surface area contributed by atoms with E-state index in [-0.39, 0.29) is 5.91 Å². The minimum Gasteiger partial charge on any atom is -0.378 e. The summed E-state index contributed by atoms with van der Waals surface area (Å²) < 4.78 is 5.90. The van der Waals surface area contributed by atoms with Crippen molar-refractivity contribution in [2.45, 2.75) is 11.0 Å². The SMILES string of the molecule is O=C(Nc1cccnc1N1CCOCC1)c1ccc(C2SCCCS2)cc1. The average Bonchev–Trinajstić information content (AvgIpc) is 2.75. The lowest BCUT2D eigenvalue weighted by molar-refractivity contribution is 0.102. The molecule has 2 saturated heterocycles. The number of carbonyl (C=O) groups is 1. The second kappa shape index (κ2) is 8.99. The second-order valence-corrected chi connectivity index (χ2v) is 9.20. The Hall–Kier alpha value is -1.70. The summed E-state index contributed by atoms with van der Waals surface area (Å²) in [4.78, 5) is 19.4. The summed E-state index contributed by atoms with van der Waals surface area (Å²) in [6.45, 7) is 2.93. The topological polar surface area (TPSA) is 54.5 Å². The Labute approximate surface area is 168 Å². The van der Waals surface area contributed by atoms with Crippen LogP contribution in [0.1, 0.15) is 26.9 Å². The molecule has 3 heterocycles. The third-order valence-electron chi connectivity index (χ3n) is 4.62. The van der Waals surface area contributed by atoms with Crippen molar-refractivity contribution in [2.75, 3.05) is 48.0 Å². The molecule has 0 saturated carbocycles. The standard InChI is InChI=1S/C20H23N3O2S2/c24-19(15-4-6-16(7-5-15)20-26-13-2-14-27-20)22-17-3-1-8-21-18(17)23-9-11-25-12-10-23/h1,3-8,20H,2,9-14H2,(H,22,24). The van der Waals surface area contributed by atoms with E-state index in [2.05, 4.69) is 27.3 Å². The van der Waals surface area contributed by atoms with Crippen LogP contribution in [0.4, 0.5) is 11.5 Å². The summed E-state index contributed by atoms with van der Waals surface area (Å²) in [6, 6.07) is 11.8. The van der Waals surface area contributed by atoms with Gasteiger partial charge < -0.3 is 15.0 Å². The zero-order valence-electron chi connectivity index (χ0n) is 15.1. The first-order valence-corrected chi connectivity index (χ1v) is 11.3. The molecule has 7 heteroatoms. The fourth-order valence-electron chi connectivity index (χ4n) is 3.19. The van der Waals surface area contributed by atoms with Gasteiger partial charge in [-0.05, 0) is 47.8 Å². The van der Waals surface area contributed by atoms with Crippen LogP contribution in [-0.4, -0.2) is 48.7 Å². The van der Waals surface area contributed by atoms with Crippen LogP contribution in [0, 0.1) is 0 Å². The predicted molar refractivity (Wildman–Crippen MR) is 114 cm³/mol. The number of ether oxygens (including phenoxy) is 1. The molecule has 1 aromatic heterocycles. The highest BCUT2D eigenvalue weighted by Crippen LogP contribution is 2.43. The molecular formula is C20H23N3O2S2. The summed E-state index contributed by atoms with van der Waals surface area (Å²) in [5, 5.41) is 3.03. The van der Waals surface area contributed by atoms with Crippen LogP contribution in [0.15, 0.2) is 42.6 Å². The van der Waals surface area contributed by atoms with Crippen molar-refractivity contribution < 1.29 is 9.53 Å². The van der Waals surface area contributed by atoms with Crippen LogP contribution >= 0.6 is 23.5 Å². The van der Waals surface area contributed by atoms with Gasteiger partial charge in [-0.2, -0.15) is 0 Å². The molecule has 0 radical (unpaired) electrons. The quantitative estimate of drug-likeness (QED) is 0.835. The molecule has 0 bridgehead atoms. The summed E-state index contributed by atoms with van der Waals surface area (Å²) in [5.41, 5.74) is 2.70. The lowest BCUT2D eigenvalue weighted by Gasteiger charge is -2.29. The highest BCUT2D eigenvalue weighted by atomic mass is 32.2. The van der Waals surface area contributed by atoms with E-state index in [4.69, 9.17) is 4.74 Å². The van der Waals surface area contributed by atoms with Crippen molar-refractivity contribution in [1.29, 1.82) is 0 Å². The number of hydrogen-bond donors (Lipinski definition) is 1. The number of nitrogens with one attached hydrogen (secondary N) is 1. The maximum absolute atomic E-state index is 12.7. The van der Waals surface area contributed by atoms with Gasteiger partial charge in [0.15, 0.2) is 5.82 Å². The molecular weight excluding hydrogens is 378 g/mol. The lowest BCUT2D eigenvalue weighted by atomic mass is 10.1. The van der Waals surface area contributed by atoms with Crippen LogP contribution in [0.3, 0.4) is 0 Å².